The van der Waals surface area contributed by atoms with Gasteiger partial charge in [0.25, 0.3) is 0 Å². The minimum atomic E-state index is -1.29. The van der Waals surface area contributed by atoms with Crippen molar-refractivity contribution in [1.29, 1.82) is 0 Å². The molecule has 0 rings (SSSR count). The smallest absolute Gasteiger partial charge is 0.0807 e. The van der Waals surface area contributed by atoms with Crippen LogP contribution >= 0.6 is 0 Å². The van der Waals surface area contributed by atoms with E-state index in [9.17, 15) is 0 Å². The Balaban J connectivity index is 3.92. The van der Waals surface area contributed by atoms with Gasteiger partial charge in [-0.1, -0.05) is 139 Å². The van der Waals surface area contributed by atoms with Crippen molar-refractivity contribution in [3.8, 4) is 0 Å². The molecule has 0 aromatic carbocycles. The molecule has 0 aliphatic rings. The zero-order valence-electron chi connectivity index (χ0n) is 24.6. The highest BCUT2D eigenvalue weighted by atomic mass is 28.3. The Hall–Kier alpha value is -0.416. The maximum atomic E-state index is 4.74. The molecule has 0 amide bonds. The fourth-order valence-corrected chi connectivity index (χ4v) is 15.7. The number of unbranched alkanes of at least 4 members (excludes halogenated alkanes) is 7. The molecule has 0 unspecified atom stereocenters. The van der Waals surface area contributed by atoms with Crippen molar-refractivity contribution in [1.82, 2.24) is 0 Å². The molecule has 200 valence electrons. The zero-order valence-corrected chi connectivity index (χ0v) is 26.6. The summed E-state index contributed by atoms with van der Waals surface area (Å²) in [7, 11) is -2.49. The molecule has 0 spiro atoms. The molecule has 0 aromatic heterocycles. The van der Waals surface area contributed by atoms with Gasteiger partial charge < -0.3 is 0 Å². The van der Waals surface area contributed by atoms with E-state index in [0.29, 0.717) is 0 Å². The van der Waals surface area contributed by atoms with Gasteiger partial charge in [0.05, 0.1) is 16.1 Å². The van der Waals surface area contributed by atoms with E-state index >= 15 is 0 Å². The molecule has 0 saturated heterocycles. The van der Waals surface area contributed by atoms with Gasteiger partial charge in [-0.3, -0.25) is 4.99 Å². The van der Waals surface area contributed by atoms with Gasteiger partial charge in [0.15, 0.2) is 0 Å². The molecule has 0 heterocycles. The molecule has 0 aromatic rings. The van der Waals surface area contributed by atoms with Crippen molar-refractivity contribution in [3.63, 3.8) is 0 Å². The number of aliphatic imine (C=N–C) groups is 1. The van der Waals surface area contributed by atoms with Gasteiger partial charge in [-0.2, -0.15) is 0 Å². The van der Waals surface area contributed by atoms with Crippen LogP contribution in [-0.4, -0.2) is 28.9 Å². The minimum absolute atomic E-state index is 1.03. The quantitative estimate of drug-likeness (QED) is 0.0702. The maximum Gasteiger partial charge on any atom is 0.0807 e. The minimum Gasteiger partial charge on any atom is -0.298 e. The number of rotatable bonds is 24. The lowest BCUT2D eigenvalue weighted by Gasteiger charge is -2.32. The first-order chi connectivity index (χ1) is 16.3. The second kappa shape index (κ2) is 20.7. The van der Waals surface area contributed by atoms with E-state index in [-0.39, 0.29) is 0 Å². The SMILES string of the molecule is C=C(C)[Si](CCC)(CCC)CCC=NCCCCCCCCCC[Si](CCC)(CCC)C(=C)C. The molecule has 1 nitrogen and oxygen atoms in total. The van der Waals surface area contributed by atoms with E-state index < -0.39 is 16.1 Å². The van der Waals surface area contributed by atoms with Gasteiger partial charge in [-0.05, 0) is 38.9 Å². The summed E-state index contributed by atoms with van der Waals surface area (Å²) in [6.07, 6.45) is 19.9. The molecular weight excluding hydrogens is 443 g/mol. The van der Waals surface area contributed by atoms with Gasteiger partial charge in [0, 0.05) is 6.54 Å². The van der Waals surface area contributed by atoms with Gasteiger partial charge in [-0.15, -0.1) is 13.2 Å². The fourth-order valence-electron chi connectivity index (χ4n) is 6.20. The summed E-state index contributed by atoms with van der Waals surface area (Å²) in [4.78, 5) is 4.74. The summed E-state index contributed by atoms with van der Waals surface area (Å²) in [5.41, 5.74) is 0. The average Bonchev–Trinajstić information content (AvgIpc) is 2.79. The Labute approximate surface area is 218 Å². The van der Waals surface area contributed by atoms with E-state index in [4.69, 9.17) is 4.99 Å². The second-order valence-electron chi connectivity index (χ2n) is 11.3. The number of hydrogen-bond donors (Lipinski definition) is 0. The predicted octanol–water partition coefficient (Wildman–Crippen LogP) is 11.3. The van der Waals surface area contributed by atoms with Crippen molar-refractivity contribution in [2.75, 3.05) is 6.54 Å². The second-order valence-corrected chi connectivity index (χ2v) is 21.2. The maximum absolute atomic E-state index is 4.74. The average molecular weight is 506 g/mol. The highest BCUT2D eigenvalue weighted by Crippen LogP contribution is 2.33. The Morgan fingerprint density at radius 2 is 0.941 bits per heavy atom. The molecule has 0 fully saturated rings. The van der Waals surface area contributed by atoms with E-state index in [1.807, 2.05) is 0 Å². The van der Waals surface area contributed by atoms with Gasteiger partial charge in [0.1, 0.15) is 0 Å². The van der Waals surface area contributed by atoms with Crippen LogP contribution in [0.4, 0.5) is 0 Å². The van der Waals surface area contributed by atoms with Crippen molar-refractivity contribution in [2.24, 2.45) is 4.99 Å². The zero-order chi connectivity index (χ0) is 25.7. The van der Waals surface area contributed by atoms with E-state index in [2.05, 4.69) is 60.9 Å². The van der Waals surface area contributed by atoms with E-state index in [1.54, 1.807) is 5.20 Å². The molecule has 0 radical (unpaired) electrons. The van der Waals surface area contributed by atoms with E-state index in [1.165, 1.54) is 125 Å². The van der Waals surface area contributed by atoms with E-state index in [0.717, 1.165) is 6.54 Å². The van der Waals surface area contributed by atoms with Gasteiger partial charge in [0.2, 0.25) is 0 Å². The first-order valence-corrected chi connectivity index (χ1v) is 20.4. The number of nitrogens with zero attached hydrogens (tertiary/aromatic N) is 1. The highest BCUT2D eigenvalue weighted by molar-refractivity contribution is 6.86. The van der Waals surface area contributed by atoms with Crippen LogP contribution in [0.25, 0.3) is 0 Å². The predicted molar refractivity (Wildman–Crippen MR) is 166 cm³/mol. The summed E-state index contributed by atoms with van der Waals surface area (Å²) in [6.45, 7) is 23.9. The molecule has 0 atom stereocenters. The third-order valence-corrected chi connectivity index (χ3v) is 20.3. The summed E-state index contributed by atoms with van der Waals surface area (Å²) in [5.74, 6) is 0. The van der Waals surface area contributed by atoms with Gasteiger partial charge >= 0.3 is 0 Å². The first-order valence-electron chi connectivity index (χ1n) is 15.1. The Kier molecular flexibility index (Phi) is 20.5. The van der Waals surface area contributed by atoms with Crippen LogP contribution in [0.15, 0.2) is 28.5 Å². The Morgan fingerprint density at radius 3 is 1.35 bits per heavy atom. The molecule has 0 bridgehead atoms. The molecule has 0 aliphatic heterocycles. The lowest BCUT2D eigenvalue weighted by Crippen LogP contribution is -2.35. The molecule has 3 heteroatoms. The Bertz CT molecular complexity index is 540. The van der Waals surface area contributed by atoms with Crippen LogP contribution in [0.2, 0.25) is 36.3 Å². The van der Waals surface area contributed by atoms with Gasteiger partial charge in [-0.25, -0.2) is 0 Å². The molecule has 0 saturated carbocycles. The third kappa shape index (κ3) is 13.6. The standard InChI is InChI=1S/C31H63NSi2/c1-9-24-33(25-10-2,30(5)6)28-20-18-16-14-13-15-17-19-22-32-23-21-29-34(26-11-3,27-12-4)31(7)8/h23H,5,7,9-22,24-29H2,1-4,6,8H3. The normalized spacial score (nSPS) is 12.5. The largest absolute Gasteiger partial charge is 0.298 e. The number of allylic oxidation sites excluding steroid dienone is 2. The first kappa shape index (κ1) is 33.6. The lowest BCUT2D eigenvalue weighted by atomic mass is 10.1. The third-order valence-electron chi connectivity index (χ3n) is 8.30. The molecular formula is C31H63NSi2. The topological polar surface area (TPSA) is 12.4 Å². The summed E-state index contributed by atoms with van der Waals surface area (Å²) in [5, 5.41) is 3.08. The van der Waals surface area contributed by atoms with Crippen molar-refractivity contribution in [2.45, 2.75) is 161 Å². The molecule has 0 aliphatic carbocycles. The van der Waals surface area contributed by atoms with Crippen LogP contribution in [0.1, 0.15) is 125 Å². The Morgan fingerprint density at radius 1 is 0.559 bits per heavy atom. The molecule has 0 N–H and O–H groups in total. The van der Waals surface area contributed by atoms with Crippen molar-refractivity contribution in [3.05, 3.63) is 23.6 Å². The lowest BCUT2D eigenvalue weighted by molar-refractivity contribution is 0.577. The summed E-state index contributed by atoms with van der Waals surface area (Å²) >= 11 is 0. The van der Waals surface area contributed by atoms with Crippen LogP contribution in [0.5, 0.6) is 0 Å². The summed E-state index contributed by atoms with van der Waals surface area (Å²) < 4.78 is 0. The monoisotopic (exact) mass is 505 g/mol. The number of hydrogen-bond acceptors (Lipinski definition) is 1. The summed E-state index contributed by atoms with van der Waals surface area (Å²) in [6, 6.07) is 8.62. The fraction of sp³-hybridized carbons (Fsp3) is 0.839. The van der Waals surface area contributed by atoms with Crippen molar-refractivity contribution >= 4 is 22.4 Å². The van der Waals surface area contributed by atoms with Crippen LogP contribution in [-0.2, 0) is 0 Å². The van der Waals surface area contributed by atoms with Crippen LogP contribution in [0.3, 0.4) is 0 Å². The van der Waals surface area contributed by atoms with Crippen LogP contribution in [0, 0.1) is 0 Å². The van der Waals surface area contributed by atoms with Crippen LogP contribution < -0.4 is 0 Å². The highest BCUT2D eigenvalue weighted by Gasteiger charge is 2.31. The van der Waals surface area contributed by atoms with Crippen molar-refractivity contribution < 1.29 is 0 Å². The molecule has 34 heavy (non-hydrogen) atoms.